The number of rotatable bonds is 2. The molecule has 39 heavy (non-hydrogen) atoms. The molecule has 6 aromatic carbocycles. The van der Waals surface area contributed by atoms with Gasteiger partial charge in [-0.3, -0.25) is 0 Å². The van der Waals surface area contributed by atoms with Crippen LogP contribution >= 0.6 is 0 Å². The Morgan fingerprint density at radius 2 is 0.564 bits per heavy atom. The van der Waals surface area contributed by atoms with Crippen LogP contribution in [0.3, 0.4) is 0 Å². The van der Waals surface area contributed by atoms with Crippen molar-refractivity contribution in [3.8, 4) is 22.3 Å². The van der Waals surface area contributed by atoms with E-state index in [2.05, 4.69) is 161 Å². The summed E-state index contributed by atoms with van der Waals surface area (Å²) < 4.78 is 0. The molecule has 196 valence electrons. The zero-order chi connectivity index (χ0) is 26.7. The Morgan fingerprint density at radius 1 is 0.282 bits per heavy atom. The summed E-state index contributed by atoms with van der Waals surface area (Å²) in [7, 11) is 0. The van der Waals surface area contributed by atoms with Crippen molar-refractivity contribution in [3.63, 3.8) is 0 Å². The minimum atomic E-state index is 0. The van der Waals surface area contributed by atoms with Gasteiger partial charge in [0.1, 0.15) is 0 Å². The monoisotopic (exact) mass is 508 g/mol. The summed E-state index contributed by atoms with van der Waals surface area (Å²) in [4.78, 5) is 0. The lowest BCUT2D eigenvalue weighted by atomic mass is 10.0. The highest BCUT2D eigenvalue weighted by atomic mass is 14.0. The second-order valence-corrected chi connectivity index (χ2v) is 9.82. The summed E-state index contributed by atoms with van der Waals surface area (Å²) in [5.41, 5.74) is 10.4. The van der Waals surface area contributed by atoms with Gasteiger partial charge < -0.3 is 0 Å². The molecule has 0 saturated heterocycles. The molecule has 0 aliphatic rings. The molecule has 0 atom stereocenters. The van der Waals surface area contributed by atoms with Gasteiger partial charge >= 0.3 is 0 Å². The molecule has 0 aliphatic heterocycles. The Morgan fingerprint density at radius 3 is 0.897 bits per heavy atom. The number of fused-ring (bicyclic) bond motifs is 1. The van der Waals surface area contributed by atoms with E-state index in [0.29, 0.717) is 0 Å². The minimum absolute atomic E-state index is 0. The predicted molar refractivity (Wildman–Crippen MR) is 173 cm³/mol. The third-order valence-electron chi connectivity index (χ3n) is 6.47. The van der Waals surface area contributed by atoms with Crippen LogP contribution in [0.4, 0.5) is 0 Å². The van der Waals surface area contributed by atoms with Gasteiger partial charge in [0.25, 0.3) is 0 Å². The molecule has 0 amide bonds. The lowest BCUT2D eigenvalue weighted by molar-refractivity contribution is 1.47. The number of hydrogen-bond acceptors (Lipinski definition) is 0. The van der Waals surface area contributed by atoms with Crippen LogP contribution in [0.5, 0.6) is 0 Å². The Hall–Kier alpha value is -4.42. The molecule has 0 spiro atoms. The number of aryl methyl sites for hydroxylation is 4. The topological polar surface area (TPSA) is 0 Å². The molecule has 0 heterocycles. The van der Waals surface area contributed by atoms with E-state index in [-0.39, 0.29) is 7.43 Å². The van der Waals surface area contributed by atoms with E-state index < -0.39 is 0 Å². The Bertz CT molecular complexity index is 1420. The van der Waals surface area contributed by atoms with Crippen LogP contribution < -0.4 is 0 Å². The molecule has 0 unspecified atom stereocenters. The van der Waals surface area contributed by atoms with Crippen LogP contribution in [-0.4, -0.2) is 0 Å². The highest BCUT2D eigenvalue weighted by Crippen LogP contribution is 2.20. The van der Waals surface area contributed by atoms with Crippen molar-refractivity contribution >= 4 is 10.8 Å². The van der Waals surface area contributed by atoms with E-state index in [1.807, 2.05) is 12.1 Å². The lowest BCUT2D eigenvalue weighted by Gasteiger charge is -2.00. The second-order valence-electron chi connectivity index (χ2n) is 9.82. The van der Waals surface area contributed by atoms with Gasteiger partial charge in [0, 0.05) is 0 Å². The third-order valence-corrected chi connectivity index (χ3v) is 6.47. The van der Waals surface area contributed by atoms with Crippen molar-refractivity contribution in [3.05, 3.63) is 168 Å². The lowest BCUT2D eigenvalue weighted by Crippen LogP contribution is -1.76. The molecule has 0 fully saturated rings. The fraction of sp³-hybridized carbons (Fsp3) is 0.128. The van der Waals surface area contributed by atoms with Gasteiger partial charge in [-0.2, -0.15) is 0 Å². The van der Waals surface area contributed by atoms with Crippen LogP contribution in [0.2, 0.25) is 0 Å². The van der Waals surface area contributed by atoms with Crippen molar-refractivity contribution in [1.29, 1.82) is 0 Å². The fourth-order valence-electron chi connectivity index (χ4n) is 4.24. The molecular formula is C39H40. The van der Waals surface area contributed by atoms with E-state index in [1.54, 1.807) is 0 Å². The number of hydrogen-bond donors (Lipinski definition) is 0. The SMILES string of the molecule is C.Cc1ccc(-c2ccccc2)cc1.Cc1ccc(-c2ccccc2)cc1.Cc1ccc2cc(C)ccc2c1. The first kappa shape index (κ1) is 29.1. The van der Waals surface area contributed by atoms with Crippen molar-refractivity contribution in [2.45, 2.75) is 35.1 Å². The molecule has 0 radical (unpaired) electrons. The van der Waals surface area contributed by atoms with Gasteiger partial charge in [-0.25, -0.2) is 0 Å². The second kappa shape index (κ2) is 14.5. The van der Waals surface area contributed by atoms with Crippen LogP contribution in [0, 0.1) is 27.7 Å². The predicted octanol–water partition coefficient (Wildman–Crippen LogP) is 11.4. The van der Waals surface area contributed by atoms with Gasteiger partial charge in [0.05, 0.1) is 0 Å². The van der Waals surface area contributed by atoms with E-state index in [0.717, 1.165) is 0 Å². The van der Waals surface area contributed by atoms with Crippen molar-refractivity contribution in [1.82, 2.24) is 0 Å². The van der Waals surface area contributed by atoms with Crippen LogP contribution in [0.15, 0.2) is 146 Å². The summed E-state index contributed by atoms with van der Waals surface area (Å²) >= 11 is 0. The first-order chi connectivity index (χ1) is 18.5. The van der Waals surface area contributed by atoms with Crippen LogP contribution in [-0.2, 0) is 0 Å². The largest absolute Gasteiger partial charge is 0.0776 e. The molecule has 0 nitrogen and oxygen atoms in total. The summed E-state index contributed by atoms with van der Waals surface area (Å²) in [6.07, 6.45) is 0. The normalized spacial score (nSPS) is 9.85. The summed E-state index contributed by atoms with van der Waals surface area (Å²) in [6, 6.07) is 51.2. The first-order valence-electron chi connectivity index (χ1n) is 13.2. The van der Waals surface area contributed by atoms with Gasteiger partial charge in [0.15, 0.2) is 0 Å². The standard InChI is InChI=1S/2C13H12.C12H12.CH4/c2*1-11-7-9-13(10-8-11)12-5-3-2-4-6-12;1-9-3-5-12-8-10(2)4-6-11(12)7-9;/h2*2-10H,1H3;3-8H,1-2H3;1H4. The fourth-order valence-corrected chi connectivity index (χ4v) is 4.24. The molecule has 6 aromatic rings. The summed E-state index contributed by atoms with van der Waals surface area (Å²) in [5.74, 6) is 0. The smallest absolute Gasteiger partial charge is 0.0181 e. The van der Waals surface area contributed by atoms with Crippen molar-refractivity contribution in [2.24, 2.45) is 0 Å². The van der Waals surface area contributed by atoms with Gasteiger partial charge in [-0.15, -0.1) is 0 Å². The van der Waals surface area contributed by atoms with E-state index in [1.165, 1.54) is 55.3 Å². The van der Waals surface area contributed by atoms with Crippen molar-refractivity contribution in [2.75, 3.05) is 0 Å². The first-order valence-corrected chi connectivity index (χ1v) is 13.2. The molecule has 0 N–H and O–H groups in total. The van der Waals surface area contributed by atoms with Gasteiger partial charge in [0.2, 0.25) is 0 Å². The Kier molecular flexibility index (Phi) is 10.8. The quantitative estimate of drug-likeness (QED) is 0.218. The Balaban J connectivity index is 0.000000160. The average molecular weight is 509 g/mol. The maximum absolute atomic E-state index is 2.22. The van der Waals surface area contributed by atoms with E-state index in [9.17, 15) is 0 Å². The molecule has 0 aromatic heterocycles. The molecule has 0 aliphatic carbocycles. The van der Waals surface area contributed by atoms with E-state index >= 15 is 0 Å². The summed E-state index contributed by atoms with van der Waals surface area (Å²) in [6.45, 7) is 8.46. The highest BCUT2D eigenvalue weighted by molar-refractivity contribution is 5.83. The molecule has 0 heteroatoms. The molecular weight excluding hydrogens is 468 g/mol. The maximum Gasteiger partial charge on any atom is -0.0181 e. The maximum atomic E-state index is 2.22. The number of benzene rings is 6. The van der Waals surface area contributed by atoms with Crippen molar-refractivity contribution < 1.29 is 0 Å². The third kappa shape index (κ3) is 8.83. The zero-order valence-corrected chi connectivity index (χ0v) is 22.9. The molecule has 0 saturated carbocycles. The molecule has 0 bridgehead atoms. The van der Waals surface area contributed by atoms with Crippen LogP contribution in [0.1, 0.15) is 29.7 Å². The summed E-state index contributed by atoms with van der Waals surface area (Å²) in [5, 5.41) is 2.67. The highest BCUT2D eigenvalue weighted by Gasteiger charge is 1.95. The average Bonchev–Trinajstić information content (AvgIpc) is 2.96. The van der Waals surface area contributed by atoms with Crippen LogP contribution in [0.25, 0.3) is 33.0 Å². The van der Waals surface area contributed by atoms with E-state index in [4.69, 9.17) is 0 Å². The van der Waals surface area contributed by atoms with Gasteiger partial charge in [-0.1, -0.05) is 175 Å². The molecule has 6 rings (SSSR count). The van der Waals surface area contributed by atoms with Gasteiger partial charge in [-0.05, 0) is 60.7 Å². The Labute approximate surface area is 235 Å². The minimum Gasteiger partial charge on any atom is -0.0776 e. The zero-order valence-electron chi connectivity index (χ0n) is 22.9.